The molecule has 94 valence electrons. The Bertz CT molecular complexity index is 463. The first kappa shape index (κ1) is 12.7. The Labute approximate surface area is 107 Å². The highest BCUT2D eigenvalue weighted by molar-refractivity contribution is 5.35. The number of hydrogen-bond acceptors (Lipinski definition) is 4. The highest BCUT2D eigenvalue weighted by Crippen LogP contribution is 2.20. The molecule has 0 saturated carbocycles. The third-order valence-electron chi connectivity index (χ3n) is 2.86. The lowest BCUT2D eigenvalue weighted by Crippen LogP contribution is -2.41. The fourth-order valence-corrected chi connectivity index (χ4v) is 1.60. The molecule has 0 radical (unpaired) electrons. The van der Waals surface area contributed by atoms with Gasteiger partial charge in [-0.25, -0.2) is 0 Å². The van der Waals surface area contributed by atoms with E-state index in [2.05, 4.69) is 10.2 Å². The molecule has 0 heterocycles. The van der Waals surface area contributed by atoms with Gasteiger partial charge in [-0.15, -0.1) is 0 Å². The van der Waals surface area contributed by atoms with Gasteiger partial charge in [0.1, 0.15) is 6.04 Å². The van der Waals surface area contributed by atoms with Crippen LogP contribution in [0.5, 0.6) is 0 Å². The number of azo groups is 1. The molecule has 0 aliphatic heterocycles. The van der Waals surface area contributed by atoms with E-state index in [-0.39, 0.29) is 6.04 Å². The van der Waals surface area contributed by atoms with Gasteiger partial charge < -0.3 is 5.11 Å². The summed E-state index contributed by atoms with van der Waals surface area (Å²) in [5.74, 6) is 0. The maximum atomic E-state index is 10.1. The average Bonchev–Trinajstić information content (AvgIpc) is 2.39. The molecule has 0 fully saturated rings. The Balaban J connectivity index is 2.03. The summed E-state index contributed by atoms with van der Waals surface area (Å²) in [6.45, 7) is 0. The quantitative estimate of drug-likeness (QED) is 0.504. The summed E-state index contributed by atoms with van der Waals surface area (Å²) in [4.78, 5) is 1.73. The minimum atomic E-state index is -1.02. The average molecular weight is 243 g/mol. The summed E-state index contributed by atoms with van der Waals surface area (Å²) < 4.78 is 0. The fraction of sp³-hybridized carbons (Fsp3) is 0.286. The smallest absolute Gasteiger partial charge is 0.156 e. The van der Waals surface area contributed by atoms with Crippen LogP contribution in [0.25, 0.3) is 0 Å². The van der Waals surface area contributed by atoms with Crippen LogP contribution < -0.4 is 0 Å². The highest BCUT2D eigenvalue weighted by atomic mass is 16.3. The molecule has 1 aromatic carbocycles. The number of hydrogen-bond donors (Lipinski definition) is 1. The van der Waals surface area contributed by atoms with Crippen molar-refractivity contribution in [3.63, 3.8) is 0 Å². The zero-order valence-corrected chi connectivity index (χ0v) is 10.6. The van der Waals surface area contributed by atoms with Gasteiger partial charge in [0, 0.05) is 0 Å². The molecule has 0 unspecified atom stereocenters. The second kappa shape index (κ2) is 5.25. The van der Waals surface area contributed by atoms with Crippen LogP contribution in [0.4, 0.5) is 5.69 Å². The lowest BCUT2D eigenvalue weighted by molar-refractivity contribution is 0.00549. The van der Waals surface area contributed by atoms with Crippen LogP contribution in [-0.4, -0.2) is 35.9 Å². The summed E-state index contributed by atoms with van der Waals surface area (Å²) in [7, 11) is 3.64. The molecule has 1 N–H and O–H groups in total. The summed E-state index contributed by atoms with van der Waals surface area (Å²) in [6, 6.07) is 9.46. The van der Waals surface area contributed by atoms with Crippen molar-refractivity contribution in [2.45, 2.75) is 11.8 Å². The standard InChI is InChI=1S/C14H17N3O/c1-17(2)14(18)10-8-13(9-11-14)16-15-12-6-4-3-5-7-12/h3-11,13,18H,1-2H3/b16-15+. The summed E-state index contributed by atoms with van der Waals surface area (Å²) in [5, 5.41) is 18.5. The van der Waals surface area contributed by atoms with Crippen molar-refractivity contribution >= 4 is 5.69 Å². The second-order valence-corrected chi connectivity index (χ2v) is 4.44. The number of nitrogens with zero attached hydrogens (tertiary/aromatic N) is 3. The Kier molecular flexibility index (Phi) is 3.69. The molecule has 1 aliphatic rings. The lowest BCUT2D eigenvalue weighted by atomic mass is 10.0. The van der Waals surface area contributed by atoms with Crippen LogP contribution in [0.3, 0.4) is 0 Å². The first-order valence-corrected chi connectivity index (χ1v) is 5.84. The van der Waals surface area contributed by atoms with Crippen molar-refractivity contribution in [3.05, 3.63) is 54.6 Å². The van der Waals surface area contributed by atoms with Gasteiger partial charge in [-0.1, -0.05) is 30.4 Å². The van der Waals surface area contributed by atoms with Crippen molar-refractivity contribution in [2.24, 2.45) is 10.2 Å². The van der Waals surface area contributed by atoms with Gasteiger partial charge in [0.05, 0.1) is 5.69 Å². The van der Waals surface area contributed by atoms with Gasteiger partial charge in [0.2, 0.25) is 0 Å². The van der Waals surface area contributed by atoms with Crippen molar-refractivity contribution in [2.75, 3.05) is 14.1 Å². The van der Waals surface area contributed by atoms with Crippen molar-refractivity contribution in [3.8, 4) is 0 Å². The second-order valence-electron chi connectivity index (χ2n) is 4.44. The maximum Gasteiger partial charge on any atom is 0.156 e. The first-order valence-electron chi connectivity index (χ1n) is 5.84. The van der Waals surface area contributed by atoms with Gasteiger partial charge >= 0.3 is 0 Å². The molecule has 0 bridgehead atoms. The van der Waals surface area contributed by atoms with Gasteiger partial charge in [0.25, 0.3) is 0 Å². The predicted octanol–water partition coefficient (Wildman–Crippen LogP) is 2.52. The molecule has 4 heteroatoms. The molecule has 0 amide bonds. The fourth-order valence-electron chi connectivity index (χ4n) is 1.60. The summed E-state index contributed by atoms with van der Waals surface area (Å²) in [5.41, 5.74) is -0.188. The molecule has 0 spiro atoms. The summed E-state index contributed by atoms with van der Waals surface area (Å²) >= 11 is 0. The third kappa shape index (κ3) is 2.91. The van der Waals surface area contributed by atoms with Crippen LogP contribution in [0.15, 0.2) is 64.9 Å². The van der Waals surface area contributed by atoms with E-state index in [9.17, 15) is 5.11 Å². The molecular weight excluding hydrogens is 226 g/mol. The van der Waals surface area contributed by atoms with Crippen LogP contribution in [-0.2, 0) is 0 Å². The Morgan fingerprint density at radius 3 is 2.28 bits per heavy atom. The van der Waals surface area contributed by atoms with Crippen molar-refractivity contribution in [1.29, 1.82) is 0 Å². The number of rotatable bonds is 3. The first-order chi connectivity index (χ1) is 8.60. The van der Waals surface area contributed by atoms with E-state index in [1.807, 2.05) is 56.6 Å². The van der Waals surface area contributed by atoms with Crippen LogP contribution in [0, 0.1) is 0 Å². The molecule has 1 aromatic rings. The van der Waals surface area contributed by atoms with Crippen LogP contribution >= 0.6 is 0 Å². The lowest BCUT2D eigenvalue weighted by Gasteiger charge is -2.30. The SMILES string of the molecule is CN(C)C1(O)C=CC(/N=N/c2ccccc2)C=C1. The molecule has 0 saturated heterocycles. The van der Waals surface area contributed by atoms with E-state index in [1.165, 1.54) is 0 Å². The van der Waals surface area contributed by atoms with E-state index < -0.39 is 5.72 Å². The molecule has 0 atom stereocenters. The minimum absolute atomic E-state index is 0.120. The van der Waals surface area contributed by atoms with E-state index in [4.69, 9.17) is 0 Å². The zero-order valence-electron chi connectivity index (χ0n) is 10.6. The van der Waals surface area contributed by atoms with Crippen molar-refractivity contribution < 1.29 is 5.11 Å². The van der Waals surface area contributed by atoms with E-state index in [1.54, 1.807) is 17.1 Å². The van der Waals surface area contributed by atoms with E-state index in [0.29, 0.717) is 0 Å². The van der Waals surface area contributed by atoms with Gasteiger partial charge in [-0.05, 0) is 38.4 Å². The predicted molar refractivity (Wildman–Crippen MR) is 71.7 cm³/mol. The van der Waals surface area contributed by atoms with Gasteiger partial charge in [-0.2, -0.15) is 10.2 Å². The third-order valence-corrected chi connectivity index (χ3v) is 2.86. The normalized spacial score (nSPS) is 27.2. The highest BCUT2D eigenvalue weighted by Gasteiger charge is 2.25. The number of aliphatic hydroxyl groups is 1. The van der Waals surface area contributed by atoms with Crippen molar-refractivity contribution in [1.82, 2.24) is 4.90 Å². The van der Waals surface area contributed by atoms with E-state index in [0.717, 1.165) is 5.69 Å². The Hall–Kier alpha value is -1.78. The van der Waals surface area contributed by atoms with E-state index >= 15 is 0 Å². The van der Waals surface area contributed by atoms with Gasteiger partial charge in [-0.3, -0.25) is 4.90 Å². The minimum Gasteiger partial charge on any atom is -0.368 e. The zero-order chi connectivity index (χ0) is 13.0. The van der Waals surface area contributed by atoms with Crippen LogP contribution in [0.2, 0.25) is 0 Å². The molecule has 1 aliphatic carbocycles. The maximum absolute atomic E-state index is 10.1. The Morgan fingerprint density at radius 2 is 1.72 bits per heavy atom. The molecular formula is C14H17N3O. The van der Waals surface area contributed by atoms with Crippen LogP contribution in [0.1, 0.15) is 0 Å². The Morgan fingerprint density at radius 1 is 1.11 bits per heavy atom. The monoisotopic (exact) mass is 243 g/mol. The molecule has 18 heavy (non-hydrogen) atoms. The van der Waals surface area contributed by atoms with Gasteiger partial charge in [0.15, 0.2) is 5.72 Å². The number of likely N-dealkylation sites (N-methyl/N-ethyl adjacent to an activating group) is 1. The molecule has 4 nitrogen and oxygen atoms in total. The topological polar surface area (TPSA) is 48.2 Å². The summed E-state index contributed by atoms with van der Waals surface area (Å²) in [6.07, 6.45) is 7.13. The number of benzene rings is 1. The largest absolute Gasteiger partial charge is 0.368 e. The molecule has 0 aromatic heterocycles. The molecule has 2 rings (SSSR count).